The number of benzene rings is 3. The van der Waals surface area contributed by atoms with E-state index in [1.165, 1.54) is 28.0 Å². The summed E-state index contributed by atoms with van der Waals surface area (Å²) in [7, 11) is 1.58. The summed E-state index contributed by atoms with van der Waals surface area (Å²) in [4.78, 5) is 18.1. The Morgan fingerprint density at radius 2 is 1.84 bits per heavy atom. The highest BCUT2D eigenvalue weighted by molar-refractivity contribution is 7.20. The van der Waals surface area contributed by atoms with Crippen molar-refractivity contribution in [3.8, 4) is 22.0 Å². The topological polar surface area (TPSA) is 118 Å². The van der Waals surface area contributed by atoms with Crippen molar-refractivity contribution in [3.63, 3.8) is 0 Å². The van der Waals surface area contributed by atoms with E-state index >= 15 is 0 Å². The molecule has 160 valence electrons. The van der Waals surface area contributed by atoms with Crippen LogP contribution in [0.25, 0.3) is 37.2 Å². The Balaban J connectivity index is 1.87. The fraction of sp³-hybridized carbons (Fsp3) is 0.0435. The maximum Gasteiger partial charge on any atom is 0.266 e. The minimum absolute atomic E-state index is 0.0240. The number of nitrogens with one attached hydrogen (secondary N) is 1. The average Bonchev–Trinajstić information content (AvgIpc) is 3.23. The number of rotatable bonds is 4. The first-order valence-electron chi connectivity index (χ1n) is 9.70. The molecule has 5 rings (SSSR count). The molecule has 4 N–H and O–H groups in total. The van der Waals surface area contributed by atoms with E-state index in [2.05, 4.69) is 4.98 Å². The van der Waals surface area contributed by atoms with E-state index in [-0.39, 0.29) is 16.9 Å². The summed E-state index contributed by atoms with van der Waals surface area (Å²) in [5, 5.41) is 21.2. The molecule has 2 aromatic heterocycles. The van der Waals surface area contributed by atoms with Gasteiger partial charge in [0.15, 0.2) is 10.8 Å². The number of ether oxygens (including phenoxy) is 1. The van der Waals surface area contributed by atoms with Crippen LogP contribution in [0.3, 0.4) is 0 Å². The predicted octanol–water partition coefficient (Wildman–Crippen LogP) is 3.26. The second kappa shape index (κ2) is 7.74. The van der Waals surface area contributed by atoms with Crippen molar-refractivity contribution >= 4 is 43.8 Å². The van der Waals surface area contributed by atoms with Gasteiger partial charge in [0, 0.05) is 17.7 Å². The Hall–Kier alpha value is -3.76. The zero-order valence-electron chi connectivity index (χ0n) is 16.9. The van der Waals surface area contributed by atoms with Crippen molar-refractivity contribution in [2.75, 3.05) is 12.8 Å². The zero-order valence-corrected chi connectivity index (χ0v) is 17.7. The minimum atomic E-state index is -1.11. The van der Waals surface area contributed by atoms with Gasteiger partial charge in [-0.3, -0.25) is 4.79 Å². The normalized spacial score (nSPS) is 12.3. The number of hydrogen-bond donors (Lipinski definition) is 3. The molecule has 3 aromatic carbocycles. The van der Waals surface area contributed by atoms with Gasteiger partial charge >= 0.3 is 0 Å². The Labute approximate surface area is 185 Å². The molecule has 32 heavy (non-hydrogen) atoms. The number of nitrogen functional groups attached to an aromatic ring is 1. The second-order valence-corrected chi connectivity index (χ2v) is 8.17. The van der Waals surface area contributed by atoms with Crippen molar-refractivity contribution in [2.24, 2.45) is 0 Å². The lowest BCUT2D eigenvalue weighted by molar-refractivity contribution is -0.991. The monoisotopic (exact) mass is 446 g/mol. The van der Waals surface area contributed by atoms with Crippen molar-refractivity contribution in [2.45, 2.75) is 0 Å². The van der Waals surface area contributed by atoms with Crippen molar-refractivity contribution < 1.29 is 15.2 Å². The fourth-order valence-electron chi connectivity index (χ4n) is 3.76. The second-order valence-electron chi connectivity index (χ2n) is 7.16. The van der Waals surface area contributed by atoms with Crippen molar-refractivity contribution in [3.05, 3.63) is 82.3 Å². The van der Waals surface area contributed by atoms with Crippen LogP contribution in [0.4, 0.5) is 11.5 Å². The van der Waals surface area contributed by atoms with Crippen LogP contribution in [-0.2, 0) is 0 Å². The number of fused-ring (bicyclic) bond motifs is 2. The van der Waals surface area contributed by atoms with E-state index in [1.54, 1.807) is 25.3 Å². The Bertz CT molecular complexity index is 1490. The first-order chi connectivity index (χ1) is 15.5. The summed E-state index contributed by atoms with van der Waals surface area (Å²) in [6.45, 7) is 0. The smallest absolute Gasteiger partial charge is 0.266 e. The van der Waals surface area contributed by atoms with Crippen LogP contribution in [-0.4, -0.2) is 21.9 Å². The number of para-hydroxylation sites is 1. The van der Waals surface area contributed by atoms with Crippen molar-refractivity contribution in [1.29, 1.82) is 0 Å². The molecule has 0 spiro atoms. The first-order valence-corrected chi connectivity index (χ1v) is 10.5. The van der Waals surface area contributed by atoms with Gasteiger partial charge in [-0.2, -0.15) is 5.23 Å². The zero-order chi connectivity index (χ0) is 22.4. The third-order valence-corrected chi connectivity index (χ3v) is 6.34. The molecule has 0 fully saturated rings. The fourth-order valence-corrected chi connectivity index (χ4v) is 4.74. The Kier molecular flexibility index (Phi) is 4.87. The molecule has 0 aliphatic rings. The number of hydrogen-bond acceptors (Lipinski definition) is 7. The predicted molar refractivity (Wildman–Crippen MR) is 125 cm³/mol. The molecule has 0 saturated carbocycles. The van der Waals surface area contributed by atoms with E-state index in [0.29, 0.717) is 21.8 Å². The molecule has 0 bridgehead atoms. The summed E-state index contributed by atoms with van der Waals surface area (Å²) >= 11 is 1.34. The van der Waals surface area contributed by atoms with Crippen molar-refractivity contribution in [1.82, 2.24) is 9.55 Å². The van der Waals surface area contributed by atoms with Gasteiger partial charge in [-0.1, -0.05) is 35.6 Å². The highest BCUT2D eigenvalue weighted by atomic mass is 32.1. The summed E-state index contributed by atoms with van der Waals surface area (Å²) in [5.74, 6) is 0.916. The molecule has 1 atom stereocenters. The molecular formula is C23H18N4O4S. The van der Waals surface area contributed by atoms with E-state index in [4.69, 9.17) is 10.5 Å². The van der Waals surface area contributed by atoms with Gasteiger partial charge < -0.3 is 15.7 Å². The average molecular weight is 446 g/mol. The molecule has 1 unspecified atom stereocenters. The van der Waals surface area contributed by atoms with Gasteiger partial charge in [-0.15, -0.1) is 0 Å². The van der Waals surface area contributed by atoms with Gasteiger partial charge in [0.1, 0.15) is 11.6 Å². The van der Waals surface area contributed by atoms with Gasteiger partial charge in [0.2, 0.25) is 0 Å². The van der Waals surface area contributed by atoms with E-state index < -0.39 is 10.8 Å². The van der Waals surface area contributed by atoms with Gasteiger partial charge in [-0.25, -0.2) is 14.8 Å². The molecule has 0 amide bonds. The summed E-state index contributed by atoms with van der Waals surface area (Å²) in [6, 6.07) is 19.4. The first kappa shape index (κ1) is 20.2. The van der Waals surface area contributed by atoms with Gasteiger partial charge in [0.25, 0.3) is 5.56 Å². The number of aromatic nitrogens is 2. The van der Waals surface area contributed by atoms with Gasteiger partial charge in [-0.05, 0) is 41.3 Å². The standard InChI is InChI=1S/C23H18N4O4S/c1-31-15-9-6-13(7-10-15)20-16-11-8-14(27(29)30)12-17(16)22(28)26(21(20)24)23-25-18-4-2-3-5-19(18)32-23/h2-12,27,29H,24H2,1H3. The molecule has 0 aliphatic heterocycles. The molecule has 0 radical (unpaired) electrons. The summed E-state index contributed by atoms with van der Waals surface area (Å²) in [6.07, 6.45) is 0. The van der Waals surface area contributed by atoms with E-state index in [9.17, 15) is 15.2 Å². The minimum Gasteiger partial charge on any atom is -0.595 e. The van der Waals surface area contributed by atoms with Crippen LogP contribution in [0.2, 0.25) is 0 Å². The van der Waals surface area contributed by atoms with Crippen LogP contribution in [0, 0.1) is 5.21 Å². The Morgan fingerprint density at radius 1 is 1.09 bits per heavy atom. The lowest BCUT2D eigenvalue weighted by Crippen LogP contribution is -2.99. The number of nitrogens with two attached hydrogens (primary N) is 1. The maximum absolute atomic E-state index is 13.5. The SMILES string of the molecule is COc1ccc(-c2c(N)n(-c3nc4ccccc4s3)c(=O)c3cc([NH+]([O-])O)ccc23)cc1. The maximum atomic E-state index is 13.5. The number of thiazole rings is 1. The summed E-state index contributed by atoms with van der Waals surface area (Å²) in [5.41, 5.74) is 8.34. The lowest BCUT2D eigenvalue weighted by Gasteiger charge is -2.17. The lowest BCUT2D eigenvalue weighted by atomic mass is 9.98. The van der Waals surface area contributed by atoms with Crippen LogP contribution in [0.1, 0.15) is 0 Å². The number of quaternary nitrogens is 1. The largest absolute Gasteiger partial charge is 0.595 e. The van der Waals surface area contributed by atoms with Crippen LogP contribution < -0.4 is 21.3 Å². The number of nitrogens with zero attached hydrogens (tertiary/aromatic N) is 2. The summed E-state index contributed by atoms with van der Waals surface area (Å²) < 4.78 is 7.53. The molecular weight excluding hydrogens is 428 g/mol. The molecule has 2 heterocycles. The molecule has 5 aromatic rings. The molecule has 9 heteroatoms. The molecule has 0 saturated heterocycles. The van der Waals surface area contributed by atoms with Crippen LogP contribution in [0.5, 0.6) is 5.75 Å². The Morgan fingerprint density at radius 3 is 2.53 bits per heavy atom. The van der Waals surface area contributed by atoms with E-state index in [0.717, 1.165) is 15.8 Å². The third kappa shape index (κ3) is 3.20. The van der Waals surface area contributed by atoms with Gasteiger partial charge in [0.05, 0.1) is 22.7 Å². The molecule has 8 nitrogen and oxygen atoms in total. The third-order valence-electron chi connectivity index (χ3n) is 5.32. The number of anilines is 1. The van der Waals surface area contributed by atoms with Crippen LogP contribution in [0.15, 0.2) is 71.5 Å². The molecule has 0 aliphatic carbocycles. The number of methoxy groups -OCH3 is 1. The highest BCUT2D eigenvalue weighted by Crippen LogP contribution is 2.36. The highest BCUT2D eigenvalue weighted by Gasteiger charge is 2.21. The number of pyridine rings is 1. The van der Waals surface area contributed by atoms with Crippen LogP contribution >= 0.6 is 11.3 Å². The quantitative estimate of drug-likeness (QED) is 0.365. The van der Waals surface area contributed by atoms with E-state index in [1.807, 2.05) is 36.4 Å².